The number of methoxy groups -OCH3 is 1. The highest BCUT2D eigenvalue weighted by Gasteiger charge is 2.34. The van der Waals surface area contributed by atoms with Crippen LogP contribution in [0.15, 0.2) is 54.1 Å². The van der Waals surface area contributed by atoms with Crippen molar-refractivity contribution >= 4 is 23.6 Å². The second-order valence-corrected chi connectivity index (χ2v) is 5.33. The van der Waals surface area contributed by atoms with Gasteiger partial charge in [0.2, 0.25) is 0 Å². The molecule has 7 heteroatoms. The summed E-state index contributed by atoms with van der Waals surface area (Å²) in [5.41, 5.74) is 3.73. The van der Waals surface area contributed by atoms with E-state index in [0.717, 1.165) is 0 Å². The Balaban J connectivity index is 1.89. The van der Waals surface area contributed by atoms with Gasteiger partial charge in [-0.1, -0.05) is 24.3 Å². The number of nitrogens with one attached hydrogen (secondary N) is 1. The summed E-state index contributed by atoms with van der Waals surface area (Å²) < 4.78 is 10.5. The highest BCUT2D eigenvalue weighted by molar-refractivity contribution is 6.31. The highest BCUT2D eigenvalue weighted by atomic mass is 16.5. The second-order valence-electron chi connectivity index (χ2n) is 5.33. The minimum atomic E-state index is -0.484. The number of nitriles is 1. The van der Waals surface area contributed by atoms with Crippen LogP contribution in [0.2, 0.25) is 0 Å². The van der Waals surface area contributed by atoms with E-state index in [0.29, 0.717) is 22.7 Å². The molecule has 0 radical (unpaired) electrons. The lowest BCUT2D eigenvalue weighted by Gasteiger charge is -2.13. The minimum absolute atomic E-state index is 0.0154. The molecule has 7 nitrogen and oxygen atoms in total. The van der Waals surface area contributed by atoms with Crippen LogP contribution in [-0.4, -0.2) is 25.5 Å². The van der Waals surface area contributed by atoms with Gasteiger partial charge in [-0.05, 0) is 35.9 Å². The number of anilines is 1. The standard InChI is InChI=1S/C19H15N3O4/c1-25-17-12-13(7-8-16(17)26-10-9-20)11-15-18(23)21-22(19(15)24)14-5-3-2-4-6-14/h2-8,11-12H,10H2,1H3,(H,21,23)/b15-11-. The molecule has 2 aromatic carbocycles. The summed E-state index contributed by atoms with van der Waals surface area (Å²) in [5.74, 6) is -0.114. The second kappa shape index (κ2) is 7.40. The Morgan fingerprint density at radius 2 is 1.92 bits per heavy atom. The predicted molar refractivity (Wildman–Crippen MR) is 94.1 cm³/mol. The van der Waals surface area contributed by atoms with Gasteiger partial charge < -0.3 is 9.47 Å². The van der Waals surface area contributed by atoms with Crippen molar-refractivity contribution in [3.63, 3.8) is 0 Å². The van der Waals surface area contributed by atoms with E-state index in [1.54, 1.807) is 42.5 Å². The van der Waals surface area contributed by atoms with Crippen molar-refractivity contribution in [3.8, 4) is 17.6 Å². The third-order valence-electron chi connectivity index (χ3n) is 3.70. The topological polar surface area (TPSA) is 91.7 Å². The van der Waals surface area contributed by atoms with Crippen molar-refractivity contribution in [2.75, 3.05) is 18.7 Å². The van der Waals surface area contributed by atoms with Crippen molar-refractivity contribution in [1.82, 2.24) is 5.43 Å². The summed E-state index contributed by atoms with van der Waals surface area (Å²) >= 11 is 0. The molecule has 1 fully saturated rings. The zero-order valence-electron chi connectivity index (χ0n) is 13.9. The number of ether oxygens (including phenoxy) is 2. The fourth-order valence-corrected chi connectivity index (χ4v) is 2.49. The van der Waals surface area contributed by atoms with Gasteiger partial charge in [0.25, 0.3) is 11.8 Å². The highest BCUT2D eigenvalue weighted by Crippen LogP contribution is 2.29. The van der Waals surface area contributed by atoms with Crippen molar-refractivity contribution < 1.29 is 19.1 Å². The maximum Gasteiger partial charge on any atom is 0.282 e. The lowest BCUT2D eigenvalue weighted by Crippen LogP contribution is -2.35. The van der Waals surface area contributed by atoms with E-state index in [1.165, 1.54) is 18.2 Å². The van der Waals surface area contributed by atoms with Crippen molar-refractivity contribution in [2.24, 2.45) is 0 Å². The lowest BCUT2D eigenvalue weighted by molar-refractivity contribution is -0.117. The zero-order chi connectivity index (χ0) is 18.5. The molecule has 0 atom stereocenters. The van der Waals surface area contributed by atoms with E-state index >= 15 is 0 Å². The van der Waals surface area contributed by atoms with Crippen LogP contribution in [0.25, 0.3) is 6.08 Å². The first-order valence-corrected chi connectivity index (χ1v) is 7.74. The average Bonchev–Trinajstić information content (AvgIpc) is 2.95. The van der Waals surface area contributed by atoms with E-state index < -0.39 is 11.8 Å². The Hall–Kier alpha value is -3.79. The largest absolute Gasteiger partial charge is 0.493 e. The van der Waals surface area contributed by atoms with Gasteiger partial charge in [0.15, 0.2) is 18.1 Å². The fraction of sp³-hybridized carbons (Fsp3) is 0.105. The summed E-state index contributed by atoms with van der Waals surface area (Å²) in [6, 6.07) is 15.6. The van der Waals surface area contributed by atoms with Crippen LogP contribution in [0.1, 0.15) is 5.56 Å². The molecule has 130 valence electrons. The number of rotatable bonds is 5. The summed E-state index contributed by atoms with van der Waals surface area (Å²) in [6.07, 6.45) is 1.48. The summed E-state index contributed by atoms with van der Waals surface area (Å²) in [4.78, 5) is 24.8. The number of para-hydroxylation sites is 1. The van der Waals surface area contributed by atoms with Crippen LogP contribution in [0.4, 0.5) is 5.69 Å². The average molecular weight is 349 g/mol. The molecular weight excluding hydrogens is 334 g/mol. The molecule has 0 unspecified atom stereocenters. The summed E-state index contributed by atoms with van der Waals surface area (Å²) in [7, 11) is 1.47. The monoisotopic (exact) mass is 349 g/mol. The number of amides is 2. The molecule has 0 aliphatic carbocycles. The molecule has 1 N–H and O–H groups in total. The van der Waals surface area contributed by atoms with Gasteiger partial charge in [-0.25, -0.2) is 5.01 Å². The van der Waals surface area contributed by atoms with E-state index in [2.05, 4.69) is 5.43 Å². The molecule has 0 saturated carbocycles. The molecule has 26 heavy (non-hydrogen) atoms. The molecule has 1 heterocycles. The maximum atomic E-state index is 12.6. The zero-order valence-corrected chi connectivity index (χ0v) is 13.9. The van der Waals surface area contributed by atoms with Crippen molar-refractivity contribution in [3.05, 3.63) is 59.7 Å². The van der Waals surface area contributed by atoms with Gasteiger partial charge in [0, 0.05) is 0 Å². The molecule has 1 saturated heterocycles. The first kappa shape index (κ1) is 17.0. The van der Waals surface area contributed by atoms with Crippen molar-refractivity contribution in [2.45, 2.75) is 0 Å². The Labute approximate surface area is 150 Å². The van der Waals surface area contributed by atoms with Gasteiger partial charge in [-0.15, -0.1) is 0 Å². The predicted octanol–water partition coefficient (Wildman–Crippen LogP) is 2.06. The third kappa shape index (κ3) is 3.35. The SMILES string of the molecule is COc1cc(/C=C2/C(=O)NN(c3ccccc3)C2=O)ccc1OCC#N. The van der Waals surface area contributed by atoms with Gasteiger partial charge in [-0.2, -0.15) is 5.26 Å². The van der Waals surface area contributed by atoms with E-state index in [9.17, 15) is 9.59 Å². The van der Waals surface area contributed by atoms with E-state index in [4.69, 9.17) is 14.7 Å². The van der Waals surface area contributed by atoms with E-state index in [-0.39, 0.29) is 12.2 Å². The number of hydrogen-bond acceptors (Lipinski definition) is 5. The number of nitrogens with zero attached hydrogens (tertiary/aromatic N) is 2. The quantitative estimate of drug-likeness (QED) is 0.659. The van der Waals surface area contributed by atoms with Crippen LogP contribution < -0.4 is 19.9 Å². The fourth-order valence-electron chi connectivity index (χ4n) is 2.49. The Bertz CT molecular complexity index is 916. The minimum Gasteiger partial charge on any atom is -0.493 e. The number of carbonyl (C=O) groups excluding carboxylic acids is 2. The first-order chi connectivity index (χ1) is 12.6. The van der Waals surface area contributed by atoms with Gasteiger partial charge >= 0.3 is 0 Å². The first-order valence-electron chi connectivity index (χ1n) is 7.74. The molecule has 1 aliphatic rings. The van der Waals surface area contributed by atoms with Crippen LogP contribution in [0.3, 0.4) is 0 Å². The number of hydrazine groups is 1. The third-order valence-corrected chi connectivity index (χ3v) is 3.70. The van der Waals surface area contributed by atoms with Gasteiger partial charge in [-0.3, -0.25) is 15.0 Å². The Kier molecular flexibility index (Phi) is 4.85. The molecule has 0 bridgehead atoms. The Morgan fingerprint density at radius 3 is 2.62 bits per heavy atom. The number of hydrogen-bond donors (Lipinski definition) is 1. The molecule has 3 rings (SSSR count). The smallest absolute Gasteiger partial charge is 0.282 e. The van der Waals surface area contributed by atoms with Gasteiger partial charge in [0.1, 0.15) is 11.6 Å². The summed E-state index contributed by atoms with van der Waals surface area (Å²) in [6.45, 7) is -0.107. The molecule has 0 aromatic heterocycles. The van der Waals surface area contributed by atoms with Crippen LogP contribution in [0, 0.1) is 11.3 Å². The summed E-state index contributed by atoms with van der Waals surface area (Å²) in [5, 5.41) is 9.80. The molecule has 2 amide bonds. The van der Waals surface area contributed by atoms with Crippen LogP contribution in [0.5, 0.6) is 11.5 Å². The normalized spacial score (nSPS) is 14.9. The van der Waals surface area contributed by atoms with Crippen LogP contribution in [-0.2, 0) is 9.59 Å². The van der Waals surface area contributed by atoms with Crippen LogP contribution >= 0.6 is 0 Å². The maximum absolute atomic E-state index is 12.6. The molecule has 2 aromatic rings. The molecular formula is C19H15N3O4. The van der Waals surface area contributed by atoms with Gasteiger partial charge in [0.05, 0.1) is 12.8 Å². The number of benzene rings is 2. The molecule has 1 aliphatic heterocycles. The van der Waals surface area contributed by atoms with Crippen molar-refractivity contribution in [1.29, 1.82) is 5.26 Å². The van der Waals surface area contributed by atoms with E-state index in [1.807, 2.05) is 12.1 Å². The number of carbonyl (C=O) groups is 2. The molecule has 0 spiro atoms. The Morgan fingerprint density at radius 1 is 1.15 bits per heavy atom. The lowest BCUT2D eigenvalue weighted by atomic mass is 10.1.